The molecule has 0 bridgehead atoms. The lowest BCUT2D eigenvalue weighted by molar-refractivity contribution is -1.02. The van der Waals surface area contributed by atoms with Gasteiger partial charge in [-0.15, -0.1) is 0 Å². The zero-order valence-corrected chi connectivity index (χ0v) is 17.2. The van der Waals surface area contributed by atoms with Crippen LogP contribution in [0.4, 0.5) is 23.0 Å². The standard InChI is InChI=1S/C18H36N10/c1-27(7-3-5-25-14-16(20)17(21)24-25)9-11-28(2,12-10-27)8-4-6-26-18(22)15(19)13-23-26/h13-14H,3-12,19-20,22H2,1-2H3,(H2,21,24)/q+2. The maximum atomic E-state index is 5.94. The van der Waals surface area contributed by atoms with Gasteiger partial charge in [0.15, 0.2) is 5.82 Å². The Labute approximate surface area is 166 Å². The second-order valence-corrected chi connectivity index (χ2v) is 8.73. The molecule has 2 aromatic heterocycles. The van der Waals surface area contributed by atoms with Gasteiger partial charge in [-0.1, -0.05) is 0 Å². The van der Waals surface area contributed by atoms with E-state index >= 15 is 0 Å². The van der Waals surface area contributed by atoms with Gasteiger partial charge in [0.2, 0.25) is 0 Å². The molecule has 1 aliphatic rings. The predicted molar refractivity (Wildman–Crippen MR) is 113 cm³/mol. The van der Waals surface area contributed by atoms with Crippen molar-refractivity contribution in [2.24, 2.45) is 0 Å². The third kappa shape index (κ3) is 4.68. The van der Waals surface area contributed by atoms with Crippen LogP contribution in [0.1, 0.15) is 12.8 Å². The SMILES string of the molecule is C[N+]1(CCCn2cc(N)c(N)n2)CC[N+](C)(CCCn2ncc(N)c2N)CC1. The molecule has 3 heterocycles. The van der Waals surface area contributed by atoms with Crippen LogP contribution in [0.3, 0.4) is 0 Å². The fourth-order valence-electron chi connectivity index (χ4n) is 4.01. The minimum atomic E-state index is 0.422. The molecule has 0 unspecified atom stereocenters. The normalized spacial score (nSPS) is 25.2. The first-order chi connectivity index (χ1) is 13.2. The van der Waals surface area contributed by atoms with Crippen molar-refractivity contribution in [1.82, 2.24) is 19.6 Å². The van der Waals surface area contributed by atoms with E-state index < -0.39 is 0 Å². The third-order valence-corrected chi connectivity index (χ3v) is 6.24. The number of nitrogen functional groups attached to an aromatic ring is 4. The molecule has 28 heavy (non-hydrogen) atoms. The second-order valence-electron chi connectivity index (χ2n) is 8.73. The third-order valence-electron chi connectivity index (χ3n) is 6.24. The zero-order valence-electron chi connectivity index (χ0n) is 17.2. The quantitative estimate of drug-likeness (QED) is 0.459. The van der Waals surface area contributed by atoms with E-state index in [4.69, 9.17) is 22.9 Å². The van der Waals surface area contributed by atoms with Gasteiger partial charge >= 0.3 is 0 Å². The summed E-state index contributed by atoms with van der Waals surface area (Å²) in [6.07, 6.45) is 5.56. The van der Waals surface area contributed by atoms with E-state index in [1.54, 1.807) is 10.9 Å². The maximum absolute atomic E-state index is 5.94. The van der Waals surface area contributed by atoms with Gasteiger partial charge in [0.05, 0.1) is 51.0 Å². The Morgan fingerprint density at radius 3 is 1.93 bits per heavy atom. The Morgan fingerprint density at radius 1 is 0.893 bits per heavy atom. The Balaban J connectivity index is 1.41. The minimum Gasteiger partial charge on any atom is -0.394 e. The lowest BCUT2D eigenvalue weighted by Crippen LogP contribution is -2.64. The van der Waals surface area contributed by atoms with Crippen molar-refractivity contribution in [2.45, 2.75) is 25.9 Å². The van der Waals surface area contributed by atoms with Gasteiger partial charge in [-0.2, -0.15) is 10.2 Å². The molecule has 0 aromatic carbocycles. The number of likely N-dealkylation sites (N-methyl/N-ethyl adjacent to an activating group) is 2. The topological polar surface area (TPSA) is 140 Å². The summed E-state index contributed by atoms with van der Waals surface area (Å²) < 4.78 is 5.88. The maximum Gasteiger partial charge on any atom is 0.168 e. The van der Waals surface area contributed by atoms with E-state index in [0.717, 1.165) is 48.0 Å². The lowest BCUT2D eigenvalue weighted by Gasteiger charge is -2.46. The Morgan fingerprint density at radius 2 is 1.46 bits per heavy atom. The molecule has 10 heteroatoms. The number of quaternary nitrogens is 2. The number of hydrogen-bond acceptors (Lipinski definition) is 6. The summed E-state index contributed by atoms with van der Waals surface area (Å²) in [4.78, 5) is 0. The molecule has 1 aliphatic heterocycles. The average Bonchev–Trinajstić information content (AvgIpc) is 3.14. The van der Waals surface area contributed by atoms with Crippen LogP contribution in [0.2, 0.25) is 0 Å². The minimum absolute atomic E-state index is 0.422. The smallest absolute Gasteiger partial charge is 0.168 e. The van der Waals surface area contributed by atoms with Crippen LogP contribution >= 0.6 is 0 Å². The van der Waals surface area contributed by atoms with E-state index in [2.05, 4.69) is 24.3 Å². The highest BCUT2D eigenvalue weighted by Gasteiger charge is 2.36. The molecule has 0 radical (unpaired) electrons. The van der Waals surface area contributed by atoms with Crippen molar-refractivity contribution in [2.75, 3.05) is 76.3 Å². The zero-order chi connectivity index (χ0) is 20.4. The summed E-state index contributed by atoms with van der Waals surface area (Å²) in [6, 6.07) is 0. The molecular formula is C18H36N10+2. The number of rotatable bonds is 8. The first-order valence-electron chi connectivity index (χ1n) is 10.0. The highest BCUT2D eigenvalue weighted by Crippen LogP contribution is 2.19. The van der Waals surface area contributed by atoms with E-state index in [1.165, 1.54) is 26.2 Å². The van der Waals surface area contributed by atoms with Gasteiger partial charge in [0, 0.05) is 25.9 Å². The molecule has 0 saturated carbocycles. The van der Waals surface area contributed by atoms with Crippen LogP contribution in [0, 0.1) is 0 Å². The van der Waals surface area contributed by atoms with Crippen molar-refractivity contribution < 1.29 is 8.97 Å². The fraction of sp³-hybridized carbons (Fsp3) is 0.667. The molecule has 1 fully saturated rings. The summed E-state index contributed by atoms with van der Waals surface area (Å²) in [5.74, 6) is 0.997. The highest BCUT2D eigenvalue weighted by molar-refractivity contribution is 5.57. The number of aryl methyl sites for hydroxylation is 2. The van der Waals surface area contributed by atoms with Crippen molar-refractivity contribution in [3.63, 3.8) is 0 Å². The van der Waals surface area contributed by atoms with Crippen LogP contribution in [-0.4, -0.2) is 81.9 Å². The number of nitrogens with two attached hydrogens (primary N) is 4. The van der Waals surface area contributed by atoms with Crippen LogP contribution in [0.15, 0.2) is 12.4 Å². The van der Waals surface area contributed by atoms with Gasteiger partial charge in [0.25, 0.3) is 0 Å². The highest BCUT2D eigenvalue weighted by atomic mass is 15.5. The fourth-order valence-corrected chi connectivity index (χ4v) is 4.01. The molecule has 0 amide bonds. The van der Waals surface area contributed by atoms with Crippen molar-refractivity contribution >= 4 is 23.0 Å². The molecule has 2 aromatic rings. The van der Waals surface area contributed by atoms with Gasteiger partial charge in [-0.05, 0) is 0 Å². The molecule has 3 rings (SSSR count). The Kier molecular flexibility index (Phi) is 5.71. The Bertz CT molecular complexity index is 765. The lowest BCUT2D eigenvalue weighted by atomic mass is 10.2. The molecular weight excluding hydrogens is 356 g/mol. The molecule has 1 saturated heterocycles. The van der Waals surface area contributed by atoms with Crippen LogP contribution in [0.25, 0.3) is 0 Å². The van der Waals surface area contributed by atoms with Crippen molar-refractivity contribution in [3.8, 4) is 0 Å². The van der Waals surface area contributed by atoms with Gasteiger partial charge in [-0.25, -0.2) is 4.68 Å². The first-order valence-corrected chi connectivity index (χ1v) is 10.0. The summed E-state index contributed by atoms with van der Waals surface area (Å²) >= 11 is 0. The second kappa shape index (κ2) is 7.88. The van der Waals surface area contributed by atoms with Gasteiger partial charge in [0.1, 0.15) is 32.0 Å². The molecule has 156 valence electrons. The van der Waals surface area contributed by atoms with E-state index in [9.17, 15) is 0 Å². The average molecular weight is 393 g/mol. The largest absolute Gasteiger partial charge is 0.394 e. The van der Waals surface area contributed by atoms with E-state index in [1.807, 2.05) is 10.9 Å². The van der Waals surface area contributed by atoms with E-state index in [0.29, 0.717) is 23.0 Å². The summed E-state index contributed by atoms with van der Waals surface area (Å²) in [5.41, 5.74) is 24.3. The number of nitrogens with zero attached hydrogens (tertiary/aromatic N) is 6. The number of anilines is 4. The van der Waals surface area contributed by atoms with E-state index in [-0.39, 0.29) is 0 Å². The number of piperazine rings is 1. The molecule has 0 atom stereocenters. The van der Waals surface area contributed by atoms with Crippen LogP contribution in [-0.2, 0) is 13.1 Å². The molecule has 0 spiro atoms. The summed E-state index contributed by atoms with van der Waals surface area (Å²) in [7, 11) is 4.72. The Hall–Kier alpha value is -2.46. The van der Waals surface area contributed by atoms with Crippen LogP contribution < -0.4 is 22.9 Å². The van der Waals surface area contributed by atoms with Gasteiger partial charge < -0.3 is 31.9 Å². The summed E-state index contributed by atoms with van der Waals surface area (Å²) in [6.45, 7) is 8.71. The summed E-state index contributed by atoms with van der Waals surface area (Å²) in [5, 5.41) is 8.48. The van der Waals surface area contributed by atoms with Crippen molar-refractivity contribution in [3.05, 3.63) is 12.4 Å². The van der Waals surface area contributed by atoms with Crippen LogP contribution in [0.5, 0.6) is 0 Å². The molecule has 10 nitrogen and oxygen atoms in total. The molecule has 0 aliphatic carbocycles. The first kappa shape index (κ1) is 20.3. The predicted octanol–water partition coefficient (Wildman–Crippen LogP) is -0.204. The van der Waals surface area contributed by atoms with Gasteiger partial charge in [-0.3, -0.25) is 4.68 Å². The number of hydrogen-bond donors (Lipinski definition) is 4. The monoisotopic (exact) mass is 392 g/mol. The molecule has 8 N–H and O–H groups in total. The van der Waals surface area contributed by atoms with Crippen molar-refractivity contribution in [1.29, 1.82) is 0 Å². The number of aromatic nitrogens is 4.